The number of rotatable bonds is 4. The number of anilines is 1. The first-order chi connectivity index (χ1) is 22.8. The Bertz CT molecular complexity index is 2340. The summed E-state index contributed by atoms with van der Waals surface area (Å²) in [4.78, 5) is 53.6. The predicted molar refractivity (Wildman–Crippen MR) is 183 cm³/mol. The fourth-order valence-electron chi connectivity index (χ4n) is 6.19. The first kappa shape index (κ1) is 30.1. The van der Waals surface area contributed by atoms with Crippen molar-refractivity contribution in [1.82, 2.24) is 24.5 Å². The first-order valence-corrected chi connectivity index (χ1v) is 16.1. The van der Waals surface area contributed by atoms with E-state index in [1.165, 1.54) is 17.7 Å². The van der Waals surface area contributed by atoms with E-state index in [4.69, 9.17) is 0 Å². The van der Waals surface area contributed by atoms with Gasteiger partial charge in [0.2, 0.25) is 5.91 Å². The van der Waals surface area contributed by atoms with Gasteiger partial charge in [-0.25, -0.2) is 19.9 Å². The maximum atomic E-state index is 12.4. The fraction of sp³-hybridized carbons (Fsp3) is 0.162. The number of ketones is 2. The van der Waals surface area contributed by atoms with Crippen LogP contribution in [0.1, 0.15) is 41.3 Å². The van der Waals surface area contributed by atoms with Crippen LogP contribution >= 0.6 is 11.3 Å². The number of amides is 1. The molecule has 0 radical (unpaired) electrons. The van der Waals surface area contributed by atoms with Crippen molar-refractivity contribution in [1.29, 1.82) is 0 Å². The third-order valence-corrected chi connectivity index (χ3v) is 9.38. The molecule has 6 aromatic rings. The van der Waals surface area contributed by atoms with Crippen molar-refractivity contribution < 1.29 is 14.4 Å². The standard InChI is InChI=1S/C20H16O2.C17H14N6OS/c1-11-9-17-13(12(2)20(11)22)7-8-15-14-5-3-4-6-16(14)19(21)10-18(15)17;1-11-4-2-3-5-12(11)13-8-25-17(21-13)22-15(24)7-23-10-20-16-14(23)6-18-9-19-16/h3-12H,1-2H3;2-6,8-10H,7H2,1H3,(H,21,22,24). The Labute approximate surface area is 274 Å². The van der Waals surface area contributed by atoms with Crippen LogP contribution in [0.25, 0.3) is 45.7 Å². The lowest BCUT2D eigenvalue weighted by molar-refractivity contribution is -0.122. The van der Waals surface area contributed by atoms with Gasteiger partial charge in [0.25, 0.3) is 0 Å². The Hall–Kier alpha value is -5.61. The summed E-state index contributed by atoms with van der Waals surface area (Å²) in [6, 6.07) is 19.8. The van der Waals surface area contributed by atoms with Gasteiger partial charge in [-0.3, -0.25) is 14.4 Å². The Kier molecular flexibility index (Phi) is 7.87. The SMILES string of the molecule is CC1C=c2c(ccc3c2=CC(=O)c2ccccc2-3)C(C)C1=O.Cc1ccccc1-c1csc(NC(=O)Cn2cnc3ncncc32)n1. The number of hydrogen-bond acceptors (Lipinski definition) is 8. The third-order valence-electron chi connectivity index (χ3n) is 8.62. The smallest absolute Gasteiger partial charge is 0.246 e. The second-order valence-electron chi connectivity index (χ2n) is 11.7. The summed E-state index contributed by atoms with van der Waals surface area (Å²) in [7, 11) is 0. The van der Waals surface area contributed by atoms with E-state index in [0.717, 1.165) is 55.0 Å². The number of hydrogen-bond donors (Lipinski definition) is 1. The van der Waals surface area contributed by atoms with E-state index in [2.05, 4.69) is 25.3 Å². The summed E-state index contributed by atoms with van der Waals surface area (Å²) < 4.78 is 1.71. The molecule has 1 N–H and O–H groups in total. The van der Waals surface area contributed by atoms with Crippen molar-refractivity contribution in [2.45, 2.75) is 33.2 Å². The van der Waals surface area contributed by atoms with E-state index in [9.17, 15) is 14.4 Å². The number of fused-ring (bicyclic) bond motifs is 6. The summed E-state index contributed by atoms with van der Waals surface area (Å²) in [5, 5.41) is 7.37. The number of aryl methyl sites for hydroxylation is 1. The molecule has 0 spiro atoms. The van der Waals surface area contributed by atoms with Gasteiger partial charge < -0.3 is 9.88 Å². The monoisotopic (exact) mass is 638 g/mol. The van der Waals surface area contributed by atoms with Crippen molar-refractivity contribution in [3.63, 3.8) is 0 Å². The van der Waals surface area contributed by atoms with E-state index >= 15 is 0 Å². The van der Waals surface area contributed by atoms with Crippen molar-refractivity contribution >= 4 is 57.3 Å². The van der Waals surface area contributed by atoms with Gasteiger partial charge in [-0.05, 0) is 45.7 Å². The number of benzene rings is 3. The van der Waals surface area contributed by atoms with Gasteiger partial charge in [-0.1, -0.05) is 80.6 Å². The molecular weight excluding hydrogens is 609 g/mol. The number of imidazole rings is 1. The highest BCUT2D eigenvalue weighted by atomic mass is 32.1. The lowest BCUT2D eigenvalue weighted by Crippen LogP contribution is -2.40. The van der Waals surface area contributed by atoms with Crippen molar-refractivity contribution in [2.24, 2.45) is 5.92 Å². The number of aromatic nitrogens is 5. The molecule has 0 aliphatic heterocycles. The Morgan fingerprint density at radius 3 is 2.49 bits per heavy atom. The molecule has 2 aliphatic rings. The van der Waals surface area contributed by atoms with Crippen molar-refractivity contribution in [3.05, 3.63) is 112 Å². The van der Waals surface area contributed by atoms with Crippen LogP contribution in [0.15, 0.2) is 84.9 Å². The molecule has 0 saturated heterocycles. The summed E-state index contributed by atoms with van der Waals surface area (Å²) in [6.45, 7) is 6.05. The Morgan fingerprint density at radius 1 is 0.915 bits per heavy atom. The number of Topliss-reactive ketones (excluding diaryl/α,β-unsaturated/α-hetero) is 2. The Balaban J connectivity index is 0.000000151. The second-order valence-corrected chi connectivity index (χ2v) is 12.5. The topological polar surface area (TPSA) is 120 Å². The minimum Gasteiger partial charge on any atom is -0.318 e. The van der Waals surface area contributed by atoms with Crippen LogP contribution in [0.2, 0.25) is 0 Å². The maximum absolute atomic E-state index is 12.4. The van der Waals surface area contributed by atoms with Gasteiger partial charge in [0, 0.05) is 28.3 Å². The van der Waals surface area contributed by atoms with E-state index in [-0.39, 0.29) is 35.9 Å². The summed E-state index contributed by atoms with van der Waals surface area (Å²) in [5.41, 5.74) is 8.22. The number of nitrogens with zero attached hydrogens (tertiary/aromatic N) is 5. The summed E-state index contributed by atoms with van der Waals surface area (Å²) in [5.74, 6) is -0.0958. The molecule has 3 aromatic carbocycles. The lowest BCUT2D eigenvalue weighted by Gasteiger charge is -2.23. The number of carbonyl (C=O) groups excluding carboxylic acids is 3. The van der Waals surface area contributed by atoms with Gasteiger partial charge in [0.1, 0.15) is 24.2 Å². The van der Waals surface area contributed by atoms with Crippen LogP contribution in [-0.4, -0.2) is 42.0 Å². The minimum absolute atomic E-state index is 0.0436. The van der Waals surface area contributed by atoms with Gasteiger partial charge in [0.15, 0.2) is 16.6 Å². The average molecular weight is 639 g/mol. The molecule has 232 valence electrons. The number of nitrogens with one attached hydrogen (secondary N) is 1. The molecule has 47 heavy (non-hydrogen) atoms. The van der Waals surface area contributed by atoms with E-state index in [1.807, 2.05) is 92.9 Å². The van der Waals surface area contributed by atoms with Crippen LogP contribution < -0.4 is 15.8 Å². The van der Waals surface area contributed by atoms with Crippen LogP contribution in [0, 0.1) is 12.8 Å². The first-order valence-electron chi connectivity index (χ1n) is 15.2. The molecule has 3 heterocycles. The summed E-state index contributed by atoms with van der Waals surface area (Å²) in [6.07, 6.45) is 8.39. The quantitative estimate of drug-likeness (QED) is 0.277. The van der Waals surface area contributed by atoms with Crippen LogP contribution in [-0.2, 0) is 16.1 Å². The zero-order chi connectivity index (χ0) is 32.7. The second kappa shape index (κ2) is 12.3. The minimum atomic E-state index is -0.172. The maximum Gasteiger partial charge on any atom is 0.246 e. The van der Waals surface area contributed by atoms with Crippen LogP contribution in [0.5, 0.6) is 0 Å². The zero-order valence-electron chi connectivity index (χ0n) is 26.0. The van der Waals surface area contributed by atoms with E-state index < -0.39 is 0 Å². The highest BCUT2D eigenvalue weighted by molar-refractivity contribution is 7.14. The van der Waals surface area contributed by atoms with Gasteiger partial charge in [0.05, 0.1) is 18.2 Å². The molecule has 2 aliphatic carbocycles. The van der Waals surface area contributed by atoms with E-state index in [0.29, 0.717) is 10.8 Å². The van der Waals surface area contributed by atoms with Gasteiger partial charge in [-0.2, -0.15) is 0 Å². The fourth-order valence-corrected chi connectivity index (χ4v) is 6.91. The molecule has 3 aromatic heterocycles. The molecule has 8 rings (SSSR count). The van der Waals surface area contributed by atoms with Gasteiger partial charge in [-0.15, -0.1) is 11.3 Å². The largest absolute Gasteiger partial charge is 0.318 e. The zero-order valence-corrected chi connectivity index (χ0v) is 26.8. The normalized spacial score (nSPS) is 16.1. The molecule has 0 fully saturated rings. The predicted octanol–water partition coefficient (Wildman–Crippen LogP) is 5.33. The molecule has 9 nitrogen and oxygen atoms in total. The highest BCUT2D eigenvalue weighted by Crippen LogP contribution is 2.29. The Morgan fingerprint density at radius 2 is 1.68 bits per heavy atom. The molecular formula is C37H30N6O3S. The van der Waals surface area contributed by atoms with Crippen LogP contribution in [0.4, 0.5) is 5.13 Å². The van der Waals surface area contributed by atoms with Crippen molar-refractivity contribution in [3.8, 4) is 22.4 Å². The molecule has 2 atom stereocenters. The molecule has 2 unspecified atom stereocenters. The third kappa shape index (κ3) is 5.68. The summed E-state index contributed by atoms with van der Waals surface area (Å²) >= 11 is 1.41. The molecule has 10 heteroatoms. The van der Waals surface area contributed by atoms with E-state index in [1.54, 1.807) is 23.2 Å². The lowest BCUT2D eigenvalue weighted by atomic mass is 9.79. The number of thiazole rings is 1. The molecule has 0 saturated carbocycles. The number of carbonyl (C=O) groups is 3. The van der Waals surface area contributed by atoms with Crippen molar-refractivity contribution in [2.75, 3.05) is 5.32 Å². The molecule has 1 amide bonds. The highest BCUT2D eigenvalue weighted by Gasteiger charge is 2.27. The van der Waals surface area contributed by atoms with Gasteiger partial charge >= 0.3 is 0 Å². The molecule has 0 bridgehead atoms. The average Bonchev–Trinajstić information content (AvgIpc) is 3.71. The van der Waals surface area contributed by atoms with Crippen LogP contribution in [0.3, 0.4) is 0 Å².